The second-order valence-electron chi connectivity index (χ2n) is 6.67. The third-order valence-corrected chi connectivity index (χ3v) is 5.40. The van der Waals surface area contributed by atoms with E-state index < -0.39 is 22.9 Å². The highest BCUT2D eigenvalue weighted by Gasteiger charge is 2.52. The first kappa shape index (κ1) is 19.9. The second-order valence-corrected chi connectivity index (χ2v) is 7.11. The maximum Gasteiger partial charge on any atom is 0.356 e. The van der Waals surface area contributed by atoms with Crippen LogP contribution < -0.4 is 0 Å². The van der Waals surface area contributed by atoms with Crippen LogP contribution in [-0.2, 0) is 19.1 Å². The monoisotopic (exact) mass is 396 g/mol. The molecule has 0 aliphatic carbocycles. The third kappa shape index (κ3) is 3.60. The van der Waals surface area contributed by atoms with Gasteiger partial charge in [-0.1, -0.05) is 54.6 Å². The molecule has 2 atom stereocenters. The summed E-state index contributed by atoms with van der Waals surface area (Å²) in [5.74, 6) is -1.38. The van der Waals surface area contributed by atoms with E-state index in [0.29, 0.717) is 5.57 Å². The fourth-order valence-corrected chi connectivity index (χ4v) is 3.72. The van der Waals surface area contributed by atoms with Gasteiger partial charge >= 0.3 is 11.9 Å². The summed E-state index contributed by atoms with van der Waals surface area (Å²) in [6, 6.07) is 15.1. The Hall–Kier alpha value is -2.85. The predicted molar refractivity (Wildman–Crippen MR) is 110 cm³/mol. The number of hydrogen-bond acceptors (Lipinski definition) is 4. The molecule has 0 N–H and O–H groups in total. The first-order chi connectivity index (χ1) is 13.4. The van der Waals surface area contributed by atoms with Gasteiger partial charge in [-0.3, -0.25) is 0 Å². The highest BCUT2D eigenvalue weighted by molar-refractivity contribution is 6.31. The average molecular weight is 397 g/mol. The van der Waals surface area contributed by atoms with Crippen molar-refractivity contribution in [2.45, 2.75) is 24.8 Å². The molecule has 1 aliphatic heterocycles. The number of rotatable bonds is 4. The zero-order valence-corrected chi connectivity index (χ0v) is 16.7. The van der Waals surface area contributed by atoms with Gasteiger partial charge in [-0.25, -0.2) is 9.59 Å². The van der Waals surface area contributed by atoms with Crippen molar-refractivity contribution in [3.8, 4) is 0 Å². The zero-order valence-electron chi connectivity index (χ0n) is 15.9. The molecule has 0 amide bonds. The average Bonchev–Trinajstić information content (AvgIpc) is 2.69. The van der Waals surface area contributed by atoms with Gasteiger partial charge in [-0.05, 0) is 47.8 Å². The van der Waals surface area contributed by atoms with Crippen LogP contribution in [0.1, 0.15) is 22.3 Å². The summed E-state index contributed by atoms with van der Waals surface area (Å²) in [6.07, 6.45) is 4.61. The van der Waals surface area contributed by atoms with Gasteiger partial charge in [0, 0.05) is 6.08 Å². The number of hydrogen-bond donors (Lipinski definition) is 0. The Labute approximate surface area is 169 Å². The van der Waals surface area contributed by atoms with Crippen LogP contribution in [0.4, 0.5) is 0 Å². The summed E-state index contributed by atoms with van der Waals surface area (Å²) in [7, 11) is 1.24. The highest BCUT2D eigenvalue weighted by atomic mass is 35.5. The number of aryl methyl sites for hydroxylation is 2. The van der Waals surface area contributed by atoms with E-state index >= 15 is 0 Å². The summed E-state index contributed by atoms with van der Waals surface area (Å²) in [5.41, 5.74) is 2.48. The molecule has 0 aromatic heterocycles. The van der Waals surface area contributed by atoms with Crippen LogP contribution in [-0.4, -0.2) is 30.0 Å². The van der Waals surface area contributed by atoms with Crippen molar-refractivity contribution in [2.24, 2.45) is 0 Å². The molecule has 4 nitrogen and oxygen atoms in total. The molecule has 0 bridgehead atoms. The van der Waals surface area contributed by atoms with Crippen LogP contribution in [0.3, 0.4) is 0 Å². The number of alkyl halides is 1. The van der Waals surface area contributed by atoms with E-state index in [1.807, 2.05) is 62.4 Å². The van der Waals surface area contributed by atoms with E-state index in [2.05, 4.69) is 0 Å². The molecule has 5 heteroatoms. The maximum absolute atomic E-state index is 12.8. The van der Waals surface area contributed by atoms with Crippen molar-refractivity contribution in [2.75, 3.05) is 7.11 Å². The van der Waals surface area contributed by atoms with Gasteiger partial charge in [0.1, 0.15) is 5.38 Å². The molecule has 3 rings (SSSR count). The van der Waals surface area contributed by atoms with E-state index in [1.165, 1.54) is 19.3 Å². The third-order valence-electron chi connectivity index (χ3n) is 4.84. The van der Waals surface area contributed by atoms with Gasteiger partial charge in [0.25, 0.3) is 0 Å². The molecule has 0 radical (unpaired) electrons. The van der Waals surface area contributed by atoms with Gasteiger partial charge in [0.05, 0.1) is 7.11 Å². The number of methoxy groups -OCH3 is 1. The quantitative estimate of drug-likeness (QED) is 0.565. The van der Waals surface area contributed by atoms with Crippen molar-refractivity contribution in [3.63, 3.8) is 0 Å². The van der Waals surface area contributed by atoms with Gasteiger partial charge in [-0.15, -0.1) is 11.6 Å². The summed E-state index contributed by atoms with van der Waals surface area (Å²) in [4.78, 5) is 25.1. The minimum atomic E-state index is -1.76. The fourth-order valence-electron chi connectivity index (χ4n) is 3.33. The summed E-state index contributed by atoms with van der Waals surface area (Å²) in [5, 5.41) is -0.944. The van der Waals surface area contributed by atoms with E-state index in [0.717, 1.165) is 22.3 Å². The standard InChI is InChI=1S/C23H21ClO4/c1-15-8-7-9-16(2)18(15)12-13-23(22(26)27-3)21(24)19(14-20(25)28-23)17-10-5-4-6-11-17/h4-14,21H,1-3H3/b13-12+/t21-,23-/m1/s1. The second kappa shape index (κ2) is 8.03. The molecule has 0 unspecified atom stereocenters. The Morgan fingerprint density at radius 1 is 1.11 bits per heavy atom. The number of benzene rings is 2. The Bertz CT molecular complexity index is 942. The minimum Gasteiger partial charge on any atom is -0.466 e. The van der Waals surface area contributed by atoms with Crippen molar-refractivity contribution < 1.29 is 19.1 Å². The normalized spacial score (nSPS) is 21.9. The molecule has 1 heterocycles. The zero-order chi connectivity index (χ0) is 20.3. The lowest BCUT2D eigenvalue weighted by Crippen LogP contribution is -2.52. The Kier molecular flexibility index (Phi) is 5.71. The number of halogens is 1. The Balaban J connectivity index is 2.11. The van der Waals surface area contributed by atoms with Crippen LogP contribution >= 0.6 is 11.6 Å². The topological polar surface area (TPSA) is 52.6 Å². The molecule has 1 aliphatic rings. The lowest BCUT2D eigenvalue weighted by molar-refractivity contribution is -0.171. The number of carbonyl (C=O) groups excluding carboxylic acids is 2. The van der Waals surface area contributed by atoms with Crippen LogP contribution in [0.2, 0.25) is 0 Å². The predicted octanol–water partition coefficient (Wildman–Crippen LogP) is 4.48. The molecule has 2 aromatic carbocycles. The first-order valence-corrected chi connectivity index (χ1v) is 9.30. The smallest absolute Gasteiger partial charge is 0.356 e. The molecule has 2 aromatic rings. The lowest BCUT2D eigenvalue weighted by Gasteiger charge is -2.36. The van der Waals surface area contributed by atoms with E-state index in [-0.39, 0.29) is 0 Å². The number of esters is 2. The summed E-state index contributed by atoms with van der Waals surface area (Å²) in [6.45, 7) is 3.94. The molecule has 144 valence electrons. The highest BCUT2D eigenvalue weighted by Crippen LogP contribution is 2.39. The van der Waals surface area contributed by atoms with E-state index in [9.17, 15) is 9.59 Å². The fraction of sp³-hybridized carbons (Fsp3) is 0.217. The van der Waals surface area contributed by atoms with Crippen LogP contribution in [0.5, 0.6) is 0 Å². The number of cyclic esters (lactones) is 1. The van der Waals surface area contributed by atoms with Crippen LogP contribution in [0, 0.1) is 13.8 Å². The summed E-state index contributed by atoms with van der Waals surface area (Å²) < 4.78 is 10.4. The molecule has 0 fully saturated rings. The van der Waals surface area contributed by atoms with E-state index in [4.69, 9.17) is 21.1 Å². The molecule has 0 saturated carbocycles. The van der Waals surface area contributed by atoms with Crippen molar-refractivity contribution in [1.29, 1.82) is 0 Å². The number of carbonyl (C=O) groups is 2. The molecule has 0 saturated heterocycles. The van der Waals surface area contributed by atoms with Crippen molar-refractivity contribution >= 4 is 35.2 Å². The molecule has 0 spiro atoms. The van der Waals surface area contributed by atoms with E-state index in [1.54, 1.807) is 6.08 Å². The van der Waals surface area contributed by atoms with Crippen molar-refractivity contribution in [3.05, 3.63) is 82.9 Å². The van der Waals surface area contributed by atoms with Crippen LogP contribution in [0.15, 0.2) is 60.7 Å². The van der Waals surface area contributed by atoms with Gasteiger partial charge in [0.15, 0.2) is 0 Å². The van der Waals surface area contributed by atoms with Gasteiger partial charge < -0.3 is 9.47 Å². The Morgan fingerprint density at radius 2 is 1.75 bits per heavy atom. The minimum absolute atomic E-state index is 0.509. The van der Waals surface area contributed by atoms with Crippen LogP contribution in [0.25, 0.3) is 11.6 Å². The number of ether oxygens (including phenoxy) is 2. The SMILES string of the molecule is COC(=O)[C@]1(/C=C/c2c(C)cccc2C)OC(=O)C=C(c2ccccc2)[C@H]1Cl. The molecule has 28 heavy (non-hydrogen) atoms. The maximum atomic E-state index is 12.8. The van der Waals surface area contributed by atoms with Crippen molar-refractivity contribution in [1.82, 2.24) is 0 Å². The molecular formula is C23H21ClO4. The summed E-state index contributed by atoms with van der Waals surface area (Å²) >= 11 is 6.73. The Morgan fingerprint density at radius 3 is 2.36 bits per heavy atom. The lowest BCUT2D eigenvalue weighted by atomic mass is 9.86. The first-order valence-electron chi connectivity index (χ1n) is 8.87. The largest absolute Gasteiger partial charge is 0.466 e. The van der Waals surface area contributed by atoms with Gasteiger partial charge in [-0.2, -0.15) is 0 Å². The molecular weight excluding hydrogens is 376 g/mol. The van der Waals surface area contributed by atoms with Gasteiger partial charge in [0.2, 0.25) is 5.60 Å².